The lowest BCUT2D eigenvalue weighted by Gasteiger charge is -2.07. The van der Waals surface area contributed by atoms with Crippen molar-refractivity contribution in [3.63, 3.8) is 0 Å². The summed E-state index contributed by atoms with van der Waals surface area (Å²) in [5.41, 5.74) is 5.98. The van der Waals surface area contributed by atoms with Crippen LogP contribution < -0.4 is 16.4 Å². The monoisotopic (exact) mass is 293 g/mol. The molecule has 0 aliphatic carbocycles. The number of para-hydroxylation sites is 1. The Hall–Kier alpha value is -2.54. The number of carbonyl (C=O) groups is 2. The number of nitrogens with zero attached hydrogens (tertiary/aromatic N) is 2. The molecule has 7 nitrogen and oxygen atoms in total. The Labute approximate surface area is 119 Å². The largest absolute Gasteiger partial charge is 0.368 e. The highest BCUT2D eigenvalue weighted by atomic mass is 35.5. The first-order chi connectivity index (χ1) is 9.54. The number of aromatic nitrogens is 2. The smallest absolute Gasteiger partial charge is 0.323 e. The summed E-state index contributed by atoms with van der Waals surface area (Å²) in [6.07, 6.45) is 2.91. The van der Waals surface area contributed by atoms with Crippen molar-refractivity contribution in [1.29, 1.82) is 0 Å². The Balaban J connectivity index is 1.96. The number of amides is 3. The molecule has 1 heterocycles. The highest BCUT2D eigenvalue weighted by molar-refractivity contribution is 6.33. The molecule has 0 aliphatic heterocycles. The molecule has 0 saturated carbocycles. The SMILES string of the molecule is NC(=O)Cn1cc(NC(=O)Nc2ccccc2Cl)cn1. The summed E-state index contributed by atoms with van der Waals surface area (Å²) in [5.74, 6) is -0.514. The normalized spacial score (nSPS) is 10.1. The highest BCUT2D eigenvalue weighted by Crippen LogP contribution is 2.20. The lowest BCUT2D eigenvalue weighted by atomic mass is 10.3. The first-order valence-electron chi connectivity index (χ1n) is 5.68. The van der Waals surface area contributed by atoms with Gasteiger partial charge in [0.2, 0.25) is 5.91 Å². The molecule has 0 atom stereocenters. The van der Waals surface area contributed by atoms with E-state index in [4.69, 9.17) is 17.3 Å². The van der Waals surface area contributed by atoms with Gasteiger partial charge in [-0.3, -0.25) is 9.48 Å². The number of halogens is 1. The van der Waals surface area contributed by atoms with Gasteiger partial charge in [-0.15, -0.1) is 0 Å². The van der Waals surface area contributed by atoms with Crippen LogP contribution in [0, 0.1) is 0 Å². The van der Waals surface area contributed by atoms with Gasteiger partial charge in [0.15, 0.2) is 0 Å². The second-order valence-corrected chi connectivity index (χ2v) is 4.36. The third kappa shape index (κ3) is 3.72. The minimum absolute atomic E-state index is 0.0478. The fourth-order valence-corrected chi connectivity index (χ4v) is 1.70. The van der Waals surface area contributed by atoms with Crippen LogP contribution in [0.4, 0.5) is 16.2 Å². The maximum absolute atomic E-state index is 11.8. The van der Waals surface area contributed by atoms with Crippen molar-refractivity contribution in [3.8, 4) is 0 Å². The van der Waals surface area contributed by atoms with E-state index in [2.05, 4.69) is 15.7 Å². The van der Waals surface area contributed by atoms with E-state index in [0.29, 0.717) is 16.4 Å². The van der Waals surface area contributed by atoms with Gasteiger partial charge in [0.1, 0.15) is 6.54 Å². The molecule has 2 rings (SSSR count). The zero-order chi connectivity index (χ0) is 14.5. The topological polar surface area (TPSA) is 102 Å². The zero-order valence-corrected chi connectivity index (χ0v) is 11.1. The summed E-state index contributed by atoms with van der Waals surface area (Å²) in [6, 6.07) is 6.41. The lowest BCUT2D eigenvalue weighted by Crippen LogP contribution is -2.20. The van der Waals surface area contributed by atoms with Gasteiger partial charge in [-0.1, -0.05) is 23.7 Å². The van der Waals surface area contributed by atoms with E-state index < -0.39 is 11.9 Å². The lowest BCUT2D eigenvalue weighted by molar-refractivity contribution is -0.118. The maximum Gasteiger partial charge on any atom is 0.323 e. The Morgan fingerprint density at radius 3 is 2.75 bits per heavy atom. The van der Waals surface area contributed by atoms with Crippen LogP contribution in [0.5, 0.6) is 0 Å². The molecule has 20 heavy (non-hydrogen) atoms. The molecular weight excluding hydrogens is 282 g/mol. The molecule has 1 aromatic heterocycles. The van der Waals surface area contributed by atoms with Crippen molar-refractivity contribution in [2.75, 3.05) is 10.6 Å². The summed E-state index contributed by atoms with van der Waals surface area (Å²) >= 11 is 5.92. The molecule has 0 aliphatic rings. The first kappa shape index (κ1) is 13.9. The number of nitrogens with one attached hydrogen (secondary N) is 2. The van der Waals surface area contributed by atoms with Crippen molar-refractivity contribution >= 4 is 34.9 Å². The molecule has 3 amide bonds. The standard InChI is InChI=1S/C12H12ClN5O2/c13-9-3-1-2-4-10(9)17-12(20)16-8-5-15-18(6-8)7-11(14)19/h1-6H,7H2,(H2,14,19)(H2,16,17,20). The van der Waals surface area contributed by atoms with Gasteiger partial charge in [-0.25, -0.2) is 4.79 Å². The van der Waals surface area contributed by atoms with Crippen LogP contribution in [0.3, 0.4) is 0 Å². The molecule has 0 fully saturated rings. The van der Waals surface area contributed by atoms with E-state index in [9.17, 15) is 9.59 Å². The molecule has 0 spiro atoms. The maximum atomic E-state index is 11.8. The number of primary amides is 1. The van der Waals surface area contributed by atoms with E-state index in [1.807, 2.05) is 0 Å². The highest BCUT2D eigenvalue weighted by Gasteiger charge is 2.07. The molecule has 104 valence electrons. The summed E-state index contributed by atoms with van der Waals surface area (Å²) in [7, 11) is 0. The number of hydrogen-bond acceptors (Lipinski definition) is 3. The number of carbonyl (C=O) groups excluding carboxylic acids is 2. The predicted octanol–water partition coefficient (Wildman–Crippen LogP) is 1.67. The Morgan fingerprint density at radius 1 is 1.30 bits per heavy atom. The average Bonchev–Trinajstić information content (AvgIpc) is 2.78. The number of benzene rings is 1. The summed E-state index contributed by atoms with van der Waals surface area (Å²) in [5, 5.41) is 9.48. The van der Waals surface area contributed by atoms with E-state index in [-0.39, 0.29) is 6.54 Å². The van der Waals surface area contributed by atoms with Crippen LogP contribution >= 0.6 is 11.6 Å². The van der Waals surface area contributed by atoms with Crippen LogP contribution in [-0.4, -0.2) is 21.7 Å². The van der Waals surface area contributed by atoms with Crippen molar-refractivity contribution < 1.29 is 9.59 Å². The van der Waals surface area contributed by atoms with Gasteiger partial charge in [0.05, 0.1) is 22.6 Å². The van der Waals surface area contributed by atoms with Crippen LogP contribution in [0.1, 0.15) is 0 Å². The third-order valence-electron chi connectivity index (χ3n) is 2.33. The van der Waals surface area contributed by atoms with Gasteiger partial charge < -0.3 is 16.4 Å². The molecule has 0 saturated heterocycles. The molecule has 2 aromatic rings. The molecule has 0 bridgehead atoms. The van der Waals surface area contributed by atoms with E-state index >= 15 is 0 Å². The Bertz CT molecular complexity index is 640. The number of hydrogen-bond donors (Lipinski definition) is 3. The molecule has 1 aromatic carbocycles. The second kappa shape index (κ2) is 6.07. The van der Waals surface area contributed by atoms with Crippen LogP contribution in [0.15, 0.2) is 36.7 Å². The van der Waals surface area contributed by atoms with Crippen molar-refractivity contribution in [2.24, 2.45) is 5.73 Å². The quantitative estimate of drug-likeness (QED) is 0.799. The number of rotatable bonds is 4. The third-order valence-corrected chi connectivity index (χ3v) is 2.66. The Kier molecular flexibility index (Phi) is 4.21. The summed E-state index contributed by atoms with van der Waals surface area (Å²) in [4.78, 5) is 22.5. The fourth-order valence-electron chi connectivity index (χ4n) is 1.52. The Morgan fingerprint density at radius 2 is 2.05 bits per heavy atom. The molecule has 8 heteroatoms. The number of urea groups is 1. The molecular formula is C12H12ClN5O2. The molecule has 0 unspecified atom stereocenters. The van der Waals surface area contributed by atoms with E-state index in [1.54, 1.807) is 24.3 Å². The van der Waals surface area contributed by atoms with Gasteiger partial charge >= 0.3 is 6.03 Å². The number of anilines is 2. The van der Waals surface area contributed by atoms with Crippen LogP contribution in [-0.2, 0) is 11.3 Å². The summed E-state index contributed by atoms with van der Waals surface area (Å²) < 4.78 is 1.33. The van der Waals surface area contributed by atoms with Gasteiger partial charge in [0, 0.05) is 6.20 Å². The van der Waals surface area contributed by atoms with Crippen LogP contribution in [0.25, 0.3) is 0 Å². The predicted molar refractivity (Wildman–Crippen MR) is 75.5 cm³/mol. The van der Waals surface area contributed by atoms with Crippen molar-refractivity contribution in [3.05, 3.63) is 41.7 Å². The average molecular weight is 294 g/mol. The first-order valence-corrected chi connectivity index (χ1v) is 6.05. The minimum Gasteiger partial charge on any atom is -0.368 e. The summed E-state index contributed by atoms with van der Waals surface area (Å²) in [6.45, 7) is -0.0478. The number of nitrogens with two attached hydrogens (primary N) is 1. The molecule has 0 radical (unpaired) electrons. The van der Waals surface area contributed by atoms with Gasteiger partial charge in [-0.2, -0.15) is 5.10 Å². The fraction of sp³-hybridized carbons (Fsp3) is 0.0833. The van der Waals surface area contributed by atoms with Gasteiger partial charge in [-0.05, 0) is 12.1 Å². The minimum atomic E-state index is -0.514. The van der Waals surface area contributed by atoms with Gasteiger partial charge in [0.25, 0.3) is 0 Å². The van der Waals surface area contributed by atoms with E-state index in [0.717, 1.165) is 0 Å². The van der Waals surface area contributed by atoms with E-state index in [1.165, 1.54) is 17.1 Å². The molecule has 4 N–H and O–H groups in total. The zero-order valence-electron chi connectivity index (χ0n) is 10.3. The van der Waals surface area contributed by atoms with Crippen LogP contribution in [0.2, 0.25) is 5.02 Å². The second-order valence-electron chi connectivity index (χ2n) is 3.95. The van der Waals surface area contributed by atoms with Crippen molar-refractivity contribution in [1.82, 2.24) is 9.78 Å². The van der Waals surface area contributed by atoms with Crippen molar-refractivity contribution in [2.45, 2.75) is 6.54 Å².